The molecule has 2 heterocycles. The Labute approximate surface area is 175 Å². The van der Waals surface area contributed by atoms with Crippen LogP contribution in [-0.2, 0) is 17.5 Å². The largest absolute Gasteiger partial charge is 0.435 e. The lowest BCUT2D eigenvalue weighted by atomic mass is 10.2. The van der Waals surface area contributed by atoms with Gasteiger partial charge in [0.15, 0.2) is 11.5 Å². The topological polar surface area (TPSA) is 64.7 Å². The molecule has 158 valence electrons. The summed E-state index contributed by atoms with van der Waals surface area (Å²) < 4.78 is 42.1. The molecule has 3 aromatic rings. The highest BCUT2D eigenvalue weighted by atomic mass is 35.5. The molecule has 1 aliphatic rings. The minimum absolute atomic E-state index is 0.0146. The Morgan fingerprint density at radius 3 is 2.70 bits per heavy atom. The smallest absolute Gasteiger partial charge is 0.307 e. The van der Waals surface area contributed by atoms with E-state index < -0.39 is 23.8 Å². The Kier molecular flexibility index (Phi) is 5.31. The predicted molar refractivity (Wildman–Crippen MR) is 105 cm³/mol. The van der Waals surface area contributed by atoms with Crippen LogP contribution in [0.25, 0.3) is 0 Å². The van der Waals surface area contributed by atoms with E-state index in [0.717, 1.165) is 24.5 Å². The third kappa shape index (κ3) is 4.51. The van der Waals surface area contributed by atoms with Crippen LogP contribution < -0.4 is 5.32 Å². The fourth-order valence-corrected chi connectivity index (χ4v) is 3.44. The number of anilines is 1. The third-order valence-corrected chi connectivity index (χ3v) is 5.16. The van der Waals surface area contributed by atoms with Gasteiger partial charge in [-0.2, -0.15) is 23.4 Å². The molecule has 1 aromatic carbocycles. The summed E-state index contributed by atoms with van der Waals surface area (Å²) in [6.45, 7) is 1.99. The van der Waals surface area contributed by atoms with Gasteiger partial charge in [0.25, 0.3) is 0 Å². The number of nitrogens with one attached hydrogen (secondary N) is 1. The van der Waals surface area contributed by atoms with Gasteiger partial charge in [-0.15, -0.1) is 0 Å². The summed E-state index contributed by atoms with van der Waals surface area (Å²) in [4.78, 5) is 12.7. The number of hydrogen-bond donors (Lipinski definition) is 1. The summed E-state index contributed by atoms with van der Waals surface area (Å²) in [5.74, 6) is -0.160. The van der Waals surface area contributed by atoms with Crippen molar-refractivity contribution < 1.29 is 18.0 Å². The Bertz CT molecular complexity index is 1070. The lowest BCUT2D eigenvalue weighted by Gasteiger charge is -2.15. The van der Waals surface area contributed by atoms with Gasteiger partial charge in [0.1, 0.15) is 6.04 Å². The minimum Gasteiger partial charge on any atom is -0.307 e. The summed E-state index contributed by atoms with van der Waals surface area (Å²) in [5, 5.41) is 11.2. The number of halogens is 4. The Morgan fingerprint density at radius 2 is 2.03 bits per heavy atom. The molecule has 0 saturated heterocycles. The van der Waals surface area contributed by atoms with Gasteiger partial charge in [-0.05, 0) is 43.5 Å². The second kappa shape index (κ2) is 7.79. The van der Waals surface area contributed by atoms with Crippen LogP contribution in [-0.4, -0.2) is 25.5 Å². The van der Waals surface area contributed by atoms with Crippen LogP contribution in [0.4, 0.5) is 19.0 Å². The third-order valence-electron chi connectivity index (χ3n) is 4.92. The van der Waals surface area contributed by atoms with Gasteiger partial charge in [-0.1, -0.05) is 23.7 Å². The number of amides is 1. The molecule has 2 aromatic heterocycles. The molecule has 1 unspecified atom stereocenters. The highest BCUT2D eigenvalue weighted by molar-refractivity contribution is 6.30. The average Bonchev–Trinajstić information content (AvgIpc) is 3.26. The van der Waals surface area contributed by atoms with Crippen LogP contribution in [0.15, 0.2) is 42.6 Å². The number of carbonyl (C=O) groups excluding carboxylic acids is 1. The molecule has 6 nitrogen and oxygen atoms in total. The summed E-state index contributed by atoms with van der Waals surface area (Å²) in [5.41, 5.74) is 0.411. The van der Waals surface area contributed by atoms with Crippen molar-refractivity contribution in [3.63, 3.8) is 0 Å². The van der Waals surface area contributed by atoms with Crippen molar-refractivity contribution in [1.82, 2.24) is 19.6 Å². The van der Waals surface area contributed by atoms with Gasteiger partial charge in [-0.3, -0.25) is 14.2 Å². The van der Waals surface area contributed by atoms with Gasteiger partial charge in [0.2, 0.25) is 5.91 Å². The van der Waals surface area contributed by atoms with Crippen LogP contribution in [0, 0.1) is 0 Å². The fraction of sp³-hybridized carbons (Fsp3) is 0.350. The molecule has 0 bridgehead atoms. The highest BCUT2D eigenvalue weighted by Gasteiger charge is 2.39. The van der Waals surface area contributed by atoms with E-state index in [1.807, 2.05) is 18.2 Å². The monoisotopic (exact) mass is 437 g/mol. The summed E-state index contributed by atoms with van der Waals surface area (Å²) in [7, 11) is 0. The Hall–Kier alpha value is -2.81. The molecular weight excluding hydrogens is 419 g/mol. The van der Waals surface area contributed by atoms with Crippen molar-refractivity contribution in [3.05, 3.63) is 64.6 Å². The molecule has 30 heavy (non-hydrogen) atoms. The summed E-state index contributed by atoms with van der Waals surface area (Å²) in [6, 6.07) is 9.10. The predicted octanol–water partition coefficient (Wildman–Crippen LogP) is 4.88. The van der Waals surface area contributed by atoms with Crippen molar-refractivity contribution in [2.24, 2.45) is 0 Å². The van der Waals surface area contributed by atoms with Gasteiger partial charge >= 0.3 is 6.18 Å². The molecule has 0 spiro atoms. The molecule has 1 N–H and O–H groups in total. The second-order valence-electron chi connectivity index (χ2n) is 7.36. The number of hydrogen-bond acceptors (Lipinski definition) is 3. The van der Waals surface area contributed by atoms with E-state index >= 15 is 0 Å². The lowest BCUT2D eigenvalue weighted by Crippen LogP contribution is -2.26. The van der Waals surface area contributed by atoms with Gasteiger partial charge in [0, 0.05) is 28.9 Å². The molecule has 10 heteroatoms. The summed E-state index contributed by atoms with van der Waals surface area (Å²) >= 11 is 5.98. The van der Waals surface area contributed by atoms with Crippen LogP contribution in [0.2, 0.25) is 5.02 Å². The molecule has 1 fully saturated rings. The van der Waals surface area contributed by atoms with E-state index in [0.29, 0.717) is 23.1 Å². The van der Waals surface area contributed by atoms with E-state index in [2.05, 4.69) is 15.5 Å². The molecule has 1 amide bonds. The quantitative estimate of drug-likeness (QED) is 0.598. The Morgan fingerprint density at radius 1 is 1.27 bits per heavy atom. The first kappa shape index (κ1) is 20.5. The van der Waals surface area contributed by atoms with Gasteiger partial charge in [0.05, 0.1) is 6.54 Å². The maximum absolute atomic E-state index is 13.1. The van der Waals surface area contributed by atoms with E-state index in [-0.39, 0.29) is 5.92 Å². The number of nitrogens with zero attached hydrogens (tertiary/aromatic N) is 4. The zero-order valence-corrected chi connectivity index (χ0v) is 16.8. The van der Waals surface area contributed by atoms with Crippen molar-refractivity contribution in [1.29, 1.82) is 0 Å². The molecule has 1 aliphatic carbocycles. The first-order chi connectivity index (χ1) is 14.2. The molecule has 4 rings (SSSR count). The molecule has 0 radical (unpaired) electrons. The van der Waals surface area contributed by atoms with Crippen molar-refractivity contribution >= 4 is 23.3 Å². The first-order valence-electron chi connectivity index (χ1n) is 9.46. The van der Waals surface area contributed by atoms with Crippen LogP contribution in [0.5, 0.6) is 0 Å². The maximum Gasteiger partial charge on any atom is 0.435 e. The summed E-state index contributed by atoms with van der Waals surface area (Å²) in [6.07, 6.45) is -1.26. The van der Waals surface area contributed by atoms with Crippen LogP contribution >= 0.6 is 11.6 Å². The standard InChI is InChI=1S/C20H19ClF3N5O/c1-12(29-16(14-5-6-14)10-17(26-29)20(22,23)24)19(30)25-18-7-8-28(27-18)11-13-3-2-4-15(21)9-13/h2-4,7-10,12,14H,5-6,11H2,1H3,(H,25,27,30). The highest BCUT2D eigenvalue weighted by Crippen LogP contribution is 2.43. The molecule has 1 atom stereocenters. The van der Waals surface area contributed by atoms with Crippen molar-refractivity contribution in [3.8, 4) is 0 Å². The molecule has 0 aliphatic heterocycles. The van der Waals surface area contributed by atoms with E-state index in [4.69, 9.17) is 11.6 Å². The van der Waals surface area contributed by atoms with E-state index in [1.54, 1.807) is 23.0 Å². The van der Waals surface area contributed by atoms with Gasteiger partial charge in [-0.25, -0.2) is 0 Å². The number of aromatic nitrogens is 4. The van der Waals surface area contributed by atoms with Crippen LogP contribution in [0.1, 0.15) is 48.7 Å². The maximum atomic E-state index is 13.1. The van der Waals surface area contributed by atoms with Crippen molar-refractivity contribution in [2.45, 2.75) is 44.4 Å². The lowest BCUT2D eigenvalue weighted by molar-refractivity contribution is -0.141. The second-order valence-corrected chi connectivity index (χ2v) is 7.80. The molecular formula is C20H19ClF3N5O. The Balaban J connectivity index is 1.47. The first-order valence-corrected chi connectivity index (χ1v) is 9.84. The average molecular weight is 438 g/mol. The van der Waals surface area contributed by atoms with Crippen LogP contribution in [0.3, 0.4) is 0 Å². The minimum atomic E-state index is -4.55. The fourth-order valence-electron chi connectivity index (χ4n) is 3.22. The molecule has 1 saturated carbocycles. The SMILES string of the molecule is CC(C(=O)Nc1ccn(Cc2cccc(Cl)c2)n1)n1nc(C(F)(F)F)cc1C1CC1. The number of alkyl halides is 3. The van der Waals surface area contributed by atoms with Crippen molar-refractivity contribution in [2.75, 3.05) is 5.32 Å². The zero-order valence-electron chi connectivity index (χ0n) is 16.0. The zero-order chi connectivity index (χ0) is 21.5. The number of carbonyl (C=O) groups is 1. The van der Waals surface area contributed by atoms with E-state index in [9.17, 15) is 18.0 Å². The number of benzene rings is 1. The normalized spacial score (nSPS) is 15.2. The van der Waals surface area contributed by atoms with Gasteiger partial charge < -0.3 is 5.32 Å². The number of rotatable bonds is 6. The van der Waals surface area contributed by atoms with E-state index in [1.165, 1.54) is 11.6 Å².